The third-order valence-corrected chi connectivity index (χ3v) is 13.9. The second kappa shape index (κ2) is 13.6. The van der Waals surface area contributed by atoms with Gasteiger partial charge >= 0.3 is 0 Å². The average Bonchev–Trinajstić information content (AvgIpc) is 3.67. The Balaban J connectivity index is 1.15. The zero-order chi connectivity index (χ0) is 40.7. The predicted octanol–water partition coefficient (Wildman–Crippen LogP) is 14.6. The minimum atomic E-state index is -0.525. The highest BCUT2D eigenvalue weighted by molar-refractivity contribution is 5.97. The minimum Gasteiger partial charge on any atom is -0.303 e. The van der Waals surface area contributed by atoms with Crippen molar-refractivity contribution in [2.45, 2.75) is 37.0 Å². The first-order valence-electron chi connectivity index (χ1n) is 21.5. The Kier molecular flexibility index (Phi) is 7.90. The lowest BCUT2D eigenvalue weighted by Gasteiger charge is -2.34. The van der Waals surface area contributed by atoms with Gasteiger partial charge in [0, 0.05) is 16.7 Å². The van der Waals surface area contributed by atoms with Gasteiger partial charge < -0.3 is 4.90 Å². The highest BCUT2D eigenvalue weighted by Gasteiger charge is 2.47. The maximum atomic E-state index is 3.89. The summed E-state index contributed by atoms with van der Waals surface area (Å²) in [4.78, 5) is 2.47. The molecule has 61 heavy (non-hydrogen) atoms. The molecule has 1 heteroatoms. The molecule has 0 aliphatic heterocycles. The quantitative estimate of drug-likeness (QED) is 0.157. The van der Waals surface area contributed by atoms with Gasteiger partial charge in [-0.3, -0.25) is 0 Å². The predicted molar refractivity (Wildman–Crippen MR) is 253 cm³/mol. The molecule has 1 nitrogen and oxygen atoms in total. The largest absolute Gasteiger partial charge is 0.303 e. The van der Waals surface area contributed by atoms with Crippen molar-refractivity contribution in [2.24, 2.45) is 0 Å². The van der Waals surface area contributed by atoms with Crippen LogP contribution in [0.15, 0.2) is 212 Å². The fourth-order valence-corrected chi connectivity index (χ4v) is 11.2. The van der Waals surface area contributed by atoms with Crippen molar-refractivity contribution in [1.82, 2.24) is 0 Å². The number of anilines is 2. The lowest BCUT2D eigenvalue weighted by molar-refractivity contribution is 0.660. The van der Waals surface area contributed by atoms with E-state index in [9.17, 15) is 0 Å². The molecule has 1 atom stereocenters. The van der Waals surface area contributed by atoms with E-state index in [1.54, 1.807) is 0 Å². The zero-order valence-electron chi connectivity index (χ0n) is 34.4. The molecule has 288 valence electrons. The Labute approximate surface area is 359 Å². The number of benzene rings is 8. The van der Waals surface area contributed by atoms with E-state index in [1.807, 2.05) is 0 Å². The first kappa shape index (κ1) is 35.5. The first-order valence-corrected chi connectivity index (χ1v) is 21.5. The summed E-state index contributed by atoms with van der Waals surface area (Å²) in [6.07, 6.45) is 5.51. The second-order valence-corrected chi connectivity index (χ2v) is 17.4. The molecule has 0 saturated carbocycles. The van der Waals surface area contributed by atoms with Crippen molar-refractivity contribution in [3.63, 3.8) is 0 Å². The molecule has 0 saturated heterocycles. The highest BCUT2D eigenvalue weighted by atomic mass is 15.1. The van der Waals surface area contributed by atoms with Crippen LogP contribution in [0.2, 0.25) is 0 Å². The molecule has 8 aromatic carbocycles. The molecular formula is C60H43N. The number of fused-ring (bicyclic) bond motifs is 13. The van der Waals surface area contributed by atoms with Gasteiger partial charge in [0.1, 0.15) is 0 Å². The number of hydrogen-bond donors (Lipinski definition) is 0. The summed E-state index contributed by atoms with van der Waals surface area (Å²) in [6, 6.07) is 72.0. The van der Waals surface area contributed by atoms with Crippen LogP contribution < -0.4 is 4.90 Å². The van der Waals surface area contributed by atoms with Gasteiger partial charge in [0.15, 0.2) is 0 Å². The molecule has 0 aromatic heterocycles. The van der Waals surface area contributed by atoms with Gasteiger partial charge in [-0.2, -0.15) is 0 Å². The molecule has 4 aliphatic carbocycles. The normalized spacial score (nSPS) is 18.3. The van der Waals surface area contributed by atoms with Gasteiger partial charge in [0.05, 0.1) is 22.7 Å². The molecule has 0 amide bonds. The maximum absolute atomic E-state index is 3.89. The lowest BCUT2D eigenvalue weighted by Crippen LogP contribution is -2.28. The van der Waals surface area contributed by atoms with Crippen molar-refractivity contribution < 1.29 is 0 Å². The highest BCUT2D eigenvalue weighted by Crippen LogP contribution is 2.60. The molecule has 12 rings (SSSR count). The van der Waals surface area contributed by atoms with Gasteiger partial charge in [-0.25, -0.2) is 0 Å². The number of nitrogens with zero attached hydrogens (tertiary/aromatic N) is 1. The molecule has 1 unspecified atom stereocenters. The fourth-order valence-electron chi connectivity index (χ4n) is 11.2. The van der Waals surface area contributed by atoms with E-state index >= 15 is 0 Å². The molecule has 0 spiro atoms. The van der Waals surface area contributed by atoms with Crippen LogP contribution in [0, 0.1) is 11.8 Å². The van der Waals surface area contributed by atoms with Gasteiger partial charge in [-0.1, -0.05) is 202 Å². The van der Waals surface area contributed by atoms with E-state index in [2.05, 4.69) is 237 Å². The third-order valence-electron chi connectivity index (χ3n) is 13.9. The maximum Gasteiger partial charge on any atom is 0.0970 e. The van der Waals surface area contributed by atoms with Gasteiger partial charge in [0.2, 0.25) is 0 Å². The Morgan fingerprint density at radius 2 is 1.07 bits per heavy atom. The van der Waals surface area contributed by atoms with Crippen LogP contribution in [0.1, 0.15) is 70.7 Å². The van der Waals surface area contributed by atoms with Crippen molar-refractivity contribution in [2.75, 3.05) is 4.90 Å². The lowest BCUT2D eigenvalue weighted by atomic mass is 9.68. The molecule has 0 heterocycles. The van der Waals surface area contributed by atoms with Crippen LogP contribution >= 0.6 is 0 Å². The van der Waals surface area contributed by atoms with E-state index in [1.165, 1.54) is 83.5 Å². The smallest absolute Gasteiger partial charge is 0.0970 e. The van der Waals surface area contributed by atoms with Crippen LogP contribution in [0.3, 0.4) is 0 Å². The van der Waals surface area contributed by atoms with E-state index in [0.29, 0.717) is 0 Å². The first-order chi connectivity index (χ1) is 30.0. The summed E-state index contributed by atoms with van der Waals surface area (Å²) in [5, 5.41) is 0. The third kappa shape index (κ3) is 5.16. The summed E-state index contributed by atoms with van der Waals surface area (Å²) in [7, 11) is 0. The zero-order valence-corrected chi connectivity index (χ0v) is 34.4. The summed E-state index contributed by atoms with van der Waals surface area (Å²) < 4.78 is 0. The molecule has 4 aliphatic rings. The Bertz CT molecular complexity index is 3170. The summed E-state index contributed by atoms with van der Waals surface area (Å²) in [5.74, 6) is 7.80. The Hall–Kier alpha value is -7.40. The minimum absolute atomic E-state index is 0.0416. The van der Waals surface area contributed by atoms with Crippen LogP contribution in [0.5, 0.6) is 0 Å². The number of rotatable bonds is 5. The molecule has 0 radical (unpaired) electrons. The van der Waals surface area contributed by atoms with Gasteiger partial charge in [-0.05, 0) is 115 Å². The fraction of sp³-hybridized carbons (Fsp3) is 0.100. The molecule has 2 bridgehead atoms. The van der Waals surface area contributed by atoms with Crippen LogP contribution in [-0.4, -0.2) is 0 Å². The van der Waals surface area contributed by atoms with Crippen LogP contribution in [-0.2, 0) is 10.8 Å². The van der Waals surface area contributed by atoms with E-state index in [4.69, 9.17) is 0 Å². The van der Waals surface area contributed by atoms with Gasteiger partial charge in [-0.15, -0.1) is 0 Å². The summed E-state index contributed by atoms with van der Waals surface area (Å²) >= 11 is 0. The molecule has 0 fully saturated rings. The van der Waals surface area contributed by atoms with Crippen molar-refractivity contribution in [3.8, 4) is 45.2 Å². The molecular weight excluding hydrogens is 735 g/mol. The van der Waals surface area contributed by atoms with Crippen molar-refractivity contribution in [1.29, 1.82) is 0 Å². The SMILES string of the molecule is CC1(C)c2ccccc2-c2ccc(N(/C3=C/C=C4\CC(C#C3)c3ccccc3-c3ccccc34)c3cccc4c3-c3ccccc3C4(c3ccccc3)c3ccccc3)cc21. The average molecular weight is 778 g/mol. The van der Waals surface area contributed by atoms with Gasteiger partial charge in [0.25, 0.3) is 0 Å². The molecule has 0 N–H and O–H groups in total. The molecule has 8 aromatic rings. The summed E-state index contributed by atoms with van der Waals surface area (Å²) in [5.41, 5.74) is 21.8. The van der Waals surface area contributed by atoms with E-state index < -0.39 is 5.41 Å². The number of hydrogen-bond acceptors (Lipinski definition) is 1. The van der Waals surface area contributed by atoms with Crippen molar-refractivity contribution in [3.05, 3.63) is 256 Å². The van der Waals surface area contributed by atoms with Crippen LogP contribution in [0.25, 0.3) is 39.0 Å². The second-order valence-electron chi connectivity index (χ2n) is 17.4. The summed E-state index contributed by atoms with van der Waals surface area (Å²) in [6.45, 7) is 4.74. The van der Waals surface area contributed by atoms with Crippen LogP contribution in [0.4, 0.5) is 11.4 Å². The Morgan fingerprint density at radius 3 is 1.82 bits per heavy atom. The van der Waals surface area contributed by atoms with E-state index in [-0.39, 0.29) is 11.3 Å². The monoisotopic (exact) mass is 777 g/mol. The van der Waals surface area contributed by atoms with Crippen molar-refractivity contribution >= 4 is 16.9 Å². The standard InChI is InChI=1S/C60H43N/c1-59(2)53-28-15-13-26-50(53)51-37-36-45(39-56(51)59)61(44-34-32-40-38-41(33-35-44)47-23-10-12-25-49(47)48-24-11-9-22-46(40)48)57-31-17-30-55-58(57)52-27-14-16-29-54(52)60(55,42-18-5-3-6-19-42)43-20-7-4-8-21-43/h3-32,34,36-37,39,41H,38H2,1-2H3/b40-32+,44-34+. The van der Waals surface area contributed by atoms with E-state index in [0.717, 1.165) is 23.5 Å². The Morgan fingerprint density at radius 1 is 0.475 bits per heavy atom. The number of allylic oxidation sites excluding steroid dienone is 4. The topological polar surface area (TPSA) is 3.24 Å².